The summed E-state index contributed by atoms with van der Waals surface area (Å²) in [5.74, 6) is 0.0194. The molecule has 0 aliphatic heterocycles. The Morgan fingerprint density at radius 3 is 2.62 bits per heavy atom. The Balaban J connectivity index is 1.90. The summed E-state index contributed by atoms with van der Waals surface area (Å²) in [4.78, 5) is 16.0. The Kier molecular flexibility index (Phi) is 3.44. The molecule has 4 heteroatoms. The second-order valence-corrected chi connectivity index (χ2v) is 5.08. The molecule has 0 radical (unpaired) electrons. The van der Waals surface area contributed by atoms with Gasteiger partial charge in [0.1, 0.15) is 5.65 Å². The highest BCUT2D eigenvalue weighted by atomic mass is 16.1. The number of carbonyl (C=O) groups is 1. The largest absolute Gasteiger partial charge is 0.326 e. The average molecular weight is 279 g/mol. The van der Waals surface area contributed by atoms with Crippen molar-refractivity contribution in [1.82, 2.24) is 9.38 Å². The molecule has 1 aromatic carbocycles. The van der Waals surface area contributed by atoms with Crippen LogP contribution in [0.2, 0.25) is 0 Å². The Labute approximate surface area is 123 Å². The Hall–Kier alpha value is -2.62. The highest BCUT2D eigenvalue weighted by Gasteiger charge is 2.05. The van der Waals surface area contributed by atoms with Crippen molar-refractivity contribution in [2.75, 3.05) is 5.32 Å². The number of aryl methyl sites for hydroxylation is 1. The number of hydrogen-bond acceptors (Lipinski definition) is 2. The number of benzene rings is 1. The molecule has 0 atom stereocenters. The van der Waals surface area contributed by atoms with Gasteiger partial charge in [0, 0.05) is 30.1 Å². The topological polar surface area (TPSA) is 46.4 Å². The highest BCUT2D eigenvalue weighted by molar-refractivity contribution is 5.90. The molecule has 3 aromatic rings. The van der Waals surface area contributed by atoms with E-state index in [0.717, 1.165) is 22.6 Å². The molecule has 106 valence electrons. The van der Waals surface area contributed by atoms with E-state index >= 15 is 0 Å². The van der Waals surface area contributed by atoms with Crippen molar-refractivity contribution < 1.29 is 4.79 Å². The van der Waals surface area contributed by atoms with Gasteiger partial charge < -0.3 is 9.72 Å². The van der Waals surface area contributed by atoms with Crippen LogP contribution in [0, 0.1) is 6.92 Å². The van der Waals surface area contributed by atoms with E-state index in [1.165, 1.54) is 5.56 Å². The van der Waals surface area contributed by atoms with E-state index in [9.17, 15) is 4.79 Å². The number of aromatic nitrogens is 2. The number of pyridine rings is 1. The maximum absolute atomic E-state index is 11.4. The first-order valence-electron chi connectivity index (χ1n) is 7.01. The maximum atomic E-state index is 11.4. The monoisotopic (exact) mass is 279 g/mol. The molecule has 0 saturated carbocycles. The molecular weight excluding hydrogens is 262 g/mol. The zero-order valence-electron chi connectivity index (χ0n) is 12.1. The highest BCUT2D eigenvalue weighted by Crippen LogP contribution is 2.21. The quantitative estimate of drug-likeness (QED) is 0.795. The van der Waals surface area contributed by atoms with Crippen LogP contribution in [0.5, 0.6) is 0 Å². The van der Waals surface area contributed by atoms with Gasteiger partial charge in [-0.05, 0) is 30.7 Å². The summed E-state index contributed by atoms with van der Waals surface area (Å²) in [6.07, 6.45) is 4.55. The van der Waals surface area contributed by atoms with Crippen molar-refractivity contribution in [3.05, 3.63) is 54.4 Å². The Morgan fingerprint density at radius 2 is 1.90 bits per heavy atom. The van der Waals surface area contributed by atoms with E-state index in [1.54, 1.807) is 0 Å². The van der Waals surface area contributed by atoms with Crippen LogP contribution < -0.4 is 5.32 Å². The molecule has 0 spiro atoms. The van der Waals surface area contributed by atoms with Gasteiger partial charge in [-0.2, -0.15) is 0 Å². The van der Waals surface area contributed by atoms with Crippen LogP contribution in [0.3, 0.4) is 0 Å². The lowest BCUT2D eigenvalue weighted by Crippen LogP contribution is -2.08. The number of rotatable bonds is 3. The summed E-state index contributed by atoms with van der Waals surface area (Å²) < 4.78 is 2.03. The first-order valence-corrected chi connectivity index (χ1v) is 7.01. The van der Waals surface area contributed by atoms with Crippen LogP contribution in [0.15, 0.2) is 48.8 Å². The minimum absolute atomic E-state index is 0.0194. The number of nitrogens with one attached hydrogen (secondary N) is 1. The van der Waals surface area contributed by atoms with Gasteiger partial charge in [-0.25, -0.2) is 4.98 Å². The third-order valence-corrected chi connectivity index (χ3v) is 3.38. The number of carbonyl (C=O) groups excluding carboxylic acids is 1. The van der Waals surface area contributed by atoms with E-state index in [0.29, 0.717) is 6.42 Å². The molecule has 1 amide bonds. The van der Waals surface area contributed by atoms with Gasteiger partial charge in [-0.1, -0.05) is 25.1 Å². The summed E-state index contributed by atoms with van der Waals surface area (Å²) in [6, 6.07) is 11.8. The van der Waals surface area contributed by atoms with Crippen molar-refractivity contribution in [3.8, 4) is 11.3 Å². The smallest absolute Gasteiger partial charge is 0.224 e. The predicted molar refractivity (Wildman–Crippen MR) is 84.3 cm³/mol. The summed E-state index contributed by atoms with van der Waals surface area (Å²) in [5, 5.41) is 2.84. The third-order valence-electron chi connectivity index (χ3n) is 3.38. The predicted octanol–water partition coefficient (Wildman–Crippen LogP) is 3.66. The van der Waals surface area contributed by atoms with Crippen molar-refractivity contribution in [3.63, 3.8) is 0 Å². The molecule has 2 heterocycles. The van der Waals surface area contributed by atoms with Crippen molar-refractivity contribution in [1.29, 1.82) is 0 Å². The van der Waals surface area contributed by atoms with E-state index in [-0.39, 0.29) is 5.91 Å². The lowest BCUT2D eigenvalue weighted by atomic mass is 10.1. The van der Waals surface area contributed by atoms with Gasteiger partial charge >= 0.3 is 0 Å². The minimum Gasteiger partial charge on any atom is -0.326 e. The minimum atomic E-state index is 0.0194. The molecule has 0 bridgehead atoms. The fraction of sp³-hybridized carbons (Fsp3) is 0.176. The van der Waals surface area contributed by atoms with E-state index < -0.39 is 0 Å². The summed E-state index contributed by atoms with van der Waals surface area (Å²) in [5.41, 5.74) is 4.90. The van der Waals surface area contributed by atoms with Gasteiger partial charge in [0.05, 0.1) is 5.69 Å². The van der Waals surface area contributed by atoms with Gasteiger partial charge in [0.2, 0.25) is 5.91 Å². The number of anilines is 1. The van der Waals surface area contributed by atoms with Crippen molar-refractivity contribution in [2.45, 2.75) is 20.3 Å². The SMILES string of the molecule is CCC(=O)Nc1ccc(-c2cn3cc(C)ccc3n2)cc1. The summed E-state index contributed by atoms with van der Waals surface area (Å²) >= 11 is 0. The fourth-order valence-electron chi connectivity index (χ4n) is 2.22. The Bertz CT molecular complexity index is 787. The number of imidazole rings is 1. The molecule has 0 fully saturated rings. The van der Waals surface area contributed by atoms with Crippen LogP contribution in [0.25, 0.3) is 16.9 Å². The molecule has 0 aliphatic carbocycles. The van der Waals surface area contributed by atoms with E-state index in [4.69, 9.17) is 0 Å². The number of fused-ring (bicyclic) bond motifs is 1. The normalized spacial score (nSPS) is 10.8. The standard InChI is InChI=1S/C17H17N3O/c1-3-17(21)18-14-7-5-13(6-8-14)15-11-20-10-12(2)4-9-16(20)19-15/h4-11H,3H2,1-2H3,(H,18,21). The Morgan fingerprint density at radius 1 is 1.14 bits per heavy atom. The van der Waals surface area contributed by atoms with Crippen molar-refractivity contribution >= 4 is 17.2 Å². The molecular formula is C17H17N3O. The number of amides is 1. The molecule has 0 saturated heterocycles. The molecule has 21 heavy (non-hydrogen) atoms. The average Bonchev–Trinajstić information content (AvgIpc) is 2.90. The van der Waals surface area contributed by atoms with Crippen molar-refractivity contribution in [2.24, 2.45) is 0 Å². The van der Waals surface area contributed by atoms with Gasteiger partial charge in [0.15, 0.2) is 0 Å². The zero-order valence-corrected chi connectivity index (χ0v) is 12.1. The van der Waals surface area contributed by atoms with Crippen LogP contribution >= 0.6 is 0 Å². The summed E-state index contributed by atoms with van der Waals surface area (Å²) in [7, 11) is 0. The first kappa shape index (κ1) is 13.4. The maximum Gasteiger partial charge on any atom is 0.224 e. The molecule has 3 rings (SSSR count). The number of hydrogen-bond donors (Lipinski definition) is 1. The molecule has 1 N–H and O–H groups in total. The van der Waals surface area contributed by atoms with Gasteiger partial charge in [0.25, 0.3) is 0 Å². The first-order chi connectivity index (χ1) is 10.2. The zero-order chi connectivity index (χ0) is 14.8. The fourth-order valence-corrected chi connectivity index (χ4v) is 2.22. The second-order valence-electron chi connectivity index (χ2n) is 5.08. The molecule has 2 aromatic heterocycles. The van der Waals surface area contributed by atoms with Gasteiger partial charge in [-0.15, -0.1) is 0 Å². The van der Waals surface area contributed by atoms with Crippen LogP contribution in [0.4, 0.5) is 5.69 Å². The van der Waals surface area contributed by atoms with Crippen LogP contribution in [-0.2, 0) is 4.79 Å². The summed E-state index contributed by atoms with van der Waals surface area (Å²) in [6.45, 7) is 3.90. The molecule has 4 nitrogen and oxygen atoms in total. The molecule has 0 unspecified atom stereocenters. The number of nitrogens with zero attached hydrogens (tertiary/aromatic N) is 2. The van der Waals surface area contributed by atoms with E-state index in [2.05, 4.69) is 29.5 Å². The lowest BCUT2D eigenvalue weighted by Gasteiger charge is -2.03. The molecule has 0 aliphatic rings. The van der Waals surface area contributed by atoms with E-state index in [1.807, 2.05) is 47.9 Å². The van der Waals surface area contributed by atoms with Crippen LogP contribution in [-0.4, -0.2) is 15.3 Å². The lowest BCUT2D eigenvalue weighted by molar-refractivity contribution is -0.115. The third kappa shape index (κ3) is 2.79. The van der Waals surface area contributed by atoms with Gasteiger partial charge in [-0.3, -0.25) is 4.79 Å². The van der Waals surface area contributed by atoms with Crippen LogP contribution in [0.1, 0.15) is 18.9 Å². The second kappa shape index (κ2) is 5.40.